The molecule has 2 aromatic heterocycles. The Kier molecular flexibility index (Phi) is 5.86. The number of amides is 1. The van der Waals surface area contributed by atoms with E-state index >= 15 is 0 Å². The molecule has 0 spiro atoms. The molecule has 0 saturated carbocycles. The second-order valence-electron chi connectivity index (χ2n) is 6.81. The lowest BCUT2D eigenvalue weighted by atomic mass is 9.98. The van der Waals surface area contributed by atoms with Crippen molar-refractivity contribution in [1.29, 1.82) is 0 Å². The average molecular weight is 375 g/mol. The molecule has 2 unspecified atom stereocenters. The van der Waals surface area contributed by atoms with E-state index in [0.717, 1.165) is 35.1 Å². The van der Waals surface area contributed by atoms with Crippen molar-refractivity contribution in [2.45, 2.75) is 63.8 Å². The smallest absolute Gasteiger partial charge is 0.233 e. The highest BCUT2D eigenvalue weighted by atomic mass is 32.2. The highest BCUT2D eigenvalue weighted by Crippen LogP contribution is 2.28. The molecule has 2 atom stereocenters. The van der Waals surface area contributed by atoms with E-state index in [1.807, 2.05) is 28.5 Å². The number of hydrogen-bond donors (Lipinski definition) is 0. The van der Waals surface area contributed by atoms with Crippen molar-refractivity contribution in [1.82, 2.24) is 19.7 Å². The minimum atomic E-state index is 0.170. The van der Waals surface area contributed by atoms with Crippen LogP contribution in [0.15, 0.2) is 34.6 Å². The van der Waals surface area contributed by atoms with E-state index in [9.17, 15) is 4.79 Å². The van der Waals surface area contributed by atoms with E-state index in [1.165, 1.54) is 18.2 Å². The lowest BCUT2D eigenvalue weighted by Crippen LogP contribution is -2.48. The molecule has 0 radical (unpaired) electrons. The Balaban J connectivity index is 1.75. The van der Waals surface area contributed by atoms with E-state index in [2.05, 4.69) is 30.6 Å². The summed E-state index contributed by atoms with van der Waals surface area (Å²) in [6, 6.07) is 2.50. The first-order valence-electron chi connectivity index (χ1n) is 9.05. The van der Waals surface area contributed by atoms with Gasteiger partial charge in [-0.25, -0.2) is 0 Å². The SMILES string of the molecule is C=CCn1c(SCC(=O)N2C(C)CCCC2C)nnc1-c1ccoc1C. The van der Waals surface area contributed by atoms with Gasteiger partial charge in [0.15, 0.2) is 11.0 Å². The Morgan fingerprint density at radius 2 is 2.12 bits per heavy atom. The Bertz CT molecular complexity index is 772. The van der Waals surface area contributed by atoms with Crippen LogP contribution in [0.3, 0.4) is 0 Å². The minimum Gasteiger partial charge on any atom is -0.469 e. The maximum Gasteiger partial charge on any atom is 0.233 e. The average Bonchev–Trinajstić information content (AvgIpc) is 3.19. The van der Waals surface area contributed by atoms with E-state index in [-0.39, 0.29) is 5.91 Å². The molecule has 1 aliphatic rings. The van der Waals surface area contributed by atoms with Crippen LogP contribution in [0.4, 0.5) is 0 Å². The molecule has 3 rings (SSSR count). The summed E-state index contributed by atoms with van der Waals surface area (Å²) >= 11 is 1.44. The number of likely N-dealkylation sites (tertiary alicyclic amines) is 1. The van der Waals surface area contributed by atoms with Gasteiger partial charge < -0.3 is 9.32 Å². The van der Waals surface area contributed by atoms with E-state index in [1.54, 1.807) is 6.26 Å². The molecule has 1 fully saturated rings. The third kappa shape index (κ3) is 3.72. The van der Waals surface area contributed by atoms with Crippen LogP contribution in [0.1, 0.15) is 38.9 Å². The third-order valence-electron chi connectivity index (χ3n) is 4.93. The number of carbonyl (C=O) groups excluding carboxylic acids is 1. The van der Waals surface area contributed by atoms with Gasteiger partial charge >= 0.3 is 0 Å². The largest absolute Gasteiger partial charge is 0.469 e. The number of aryl methyl sites for hydroxylation is 1. The topological polar surface area (TPSA) is 64.2 Å². The van der Waals surface area contributed by atoms with Crippen LogP contribution in [-0.4, -0.2) is 43.4 Å². The number of allylic oxidation sites excluding steroid dienone is 1. The van der Waals surface area contributed by atoms with Crippen LogP contribution in [0.25, 0.3) is 11.4 Å². The molecule has 0 aliphatic carbocycles. The van der Waals surface area contributed by atoms with Gasteiger partial charge in [-0.3, -0.25) is 9.36 Å². The number of rotatable bonds is 6. The molecule has 3 heterocycles. The lowest BCUT2D eigenvalue weighted by Gasteiger charge is -2.39. The van der Waals surface area contributed by atoms with E-state index < -0.39 is 0 Å². The molecule has 6 nitrogen and oxygen atoms in total. The van der Waals surface area contributed by atoms with Crippen molar-refractivity contribution in [3.63, 3.8) is 0 Å². The van der Waals surface area contributed by atoms with Gasteiger partial charge in [-0.05, 0) is 46.1 Å². The fraction of sp³-hybridized carbons (Fsp3) is 0.526. The zero-order valence-corrected chi connectivity index (χ0v) is 16.5. The number of piperidine rings is 1. The maximum atomic E-state index is 12.8. The number of carbonyl (C=O) groups is 1. The van der Waals surface area contributed by atoms with Crippen molar-refractivity contribution in [2.75, 3.05) is 5.75 Å². The molecule has 140 valence electrons. The van der Waals surface area contributed by atoms with Crippen LogP contribution in [-0.2, 0) is 11.3 Å². The first-order valence-corrected chi connectivity index (χ1v) is 10.0. The van der Waals surface area contributed by atoms with Crippen LogP contribution in [0.2, 0.25) is 0 Å². The molecular weight excluding hydrogens is 348 g/mol. The van der Waals surface area contributed by atoms with Crippen molar-refractivity contribution in [2.24, 2.45) is 0 Å². The van der Waals surface area contributed by atoms with Crippen LogP contribution < -0.4 is 0 Å². The standard InChI is InChI=1S/C19H26N4O2S/c1-5-10-22-18(16-9-11-25-15(16)4)20-21-19(22)26-12-17(24)23-13(2)7-6-8-14(23)3/h5,9,11,13-14H,1,6-8,10,12H2,2-4H3. The molecule has 0 aromatic carbocycles. The second-order valence-corrected chi connectivity index (χ2v) is 7.76. The summed E-state index contributed by atoms with van der Waals surface area (Å²) in [6.45, 7) is 10.6. The van der Waals surface area contributed by atoms with E-state index in [0.29, 0.717) is 24.4 Å². The Morgan fingerprint density at radius 1 is 1.38 bits per heavy atom. The predicted molar refractivity (Wildman–Crippen MR) is 103 cm³/mol. The van der Waals surface area contributed by atoms with E-state index in [4.69, 9.17) is 4.42 Å². The number of furan rings is 1. The maximum absolute atomic E-state index is 12.8. The number of hydrogen-bond acceptors (Lipinski definition) is 5. The lowest BCUT2D eigenvalue weighted by molar-refractivity contribution is -0.134. The fourth-order valence-electron chi connectivity index (χ4n) is 3.62. The van der Waals surface area contributed by atoms with Gasteiger partial charge in [-0.2, -0.15) is 0 Å². The molecule has 0 N–H and O–H groups in total. The summed E-state index contributed by atoms with van der Waals surface area (Å²) in [5.41, 5.74) is 0.913. The normalized spacial score (nSPS) is 20.3. The molecule has 0 bridgehead atoms. The summed E-state index contributed by atoms with van der Waals surface area (Å²) in [7, 11) is 0. The monoisotopic (exact) mass is 374 g/mol. The van der Waals surface area contributed by atoms with Gasteiger partial charge in [-0.15, -0.1) is 16.8 Å². The van der Waals surface area contributed by atoms with Crippen LogP contribution in [0, 0.1) is 6.92 Å². The van der Waals surface area contributed by atoms with Gasteiger partial charge in [0.25, 0.3) is 0 Å². The minimum absolute atomic E-state index is 0.170. The molecule has 2 aromatic rings. The molecular formula is C19H26N4O2S. The first-order chi connectivity index (χ1) is 12.5. The third-order valence-corrected chi connectivity index (χ3v) is 5.89. The van der Waals surface area contributed by atoms with Crippen molar-refractivity contribution < 1.29 is 9.21 Å². The van der Waals surface area contributed by atoms with Gasteiger partial charge in [0, 0.05) is 18.6 Å². The summed E-state index contributed by atoms with van der Waals surface area (Å²) in [5.74, 6) is 2.08. The first kappa shape index (κ1) is 18.8. The number of thioether (sulfide) groups is 1. The van der Waals surface area contributed by atoms with Crippen LogP contribution in [0.5, 0.6) is 0 Å². The summed E-state index contributed by atoms with van der Waals surface area (Å²) in [4.78, 5) is 14.8. The highest BCUT2D eigenvalue weighted by molar-refractivity contribution is 7.99. The zero-order chi connectivity index (χ0) is 18.7. The Hall–Kier alpha value is -2.02. The predicted octanol–water partition coefficient (Wildman–Crippen LogP) is 3.91. The molecule has 1 saturated heterocycles. The highest BCUT2D eigenvalue weighted by Gasteiger charge is 2.29. The summed E-state index contributed by atoms with van der Waals surface area (Å²) < 4.78 is 7.37. The quantitative estimate of drug-likeness (QED) is 0.566. The zero-order valence-electron chi connectivity index (χ0n) is 15.6. The number of nitrogens with zero attached hydrogens (tertiary/aromatic N) is 4. The van der Waals surface area contributed by atoms with Gasteiger partial charge in [0.05, 0.1) is 17.6 Å². The summed E-state index contributed by atoms with van der Waals surface area (Å²) in [5, 5.41) is 9.35. The molecule has 1 aliphatic heterocycles. The van der Waals surface area contributed by atoms with Crippen molar-refractivity contribution in [3.8, 4) is 11.4 Å². The van der Waals surface area contributed by atoms with Crippen molar-refractivity contribution in [3.05, 3.63) is 30.7 Å². The van der Waals surface area contributed by atoms with Gasteiger partial charge in [-0.1, -0.05) is 17.8 Å². The van der Waals surface area contributed by atoms with Crippen LogP contribution >= 0.6 is 11.8 Å². The van der Waals surface area contributed by atoms with Gasteiger partial charge in [0.2, 0.25) is 5.91 Å². The Labute approximate surface area is 158 Å². The Morgan fingerprint density at radius 3 is 2.73 bits per heavy atom. The second kappa shape index (κ2) is 8.12. The number of aromatic nitrogens is 3. The molecule has 26 heavy (non-hydrogen) atoms. The fourth-order valence-corrected chi connectivity index (χ4v) is 4.44. The summed E-state index contributed by atoms with van der Waals surface area (Å²) in [6.07, 6.45) is 6.81. The molecule has 7 heteroatoms. The molecule has 1 amide bonds. The van der Waals surface area contributed by atoms with Crippen molar-refractivity contribution >= 4 is 17.7 Å². The van der Waals surface area contributed by atoms with Gasteiger partial charge in [0.1, 0.15) is 5.76 Å².